The third-order valence-corrected chi connectivity index (χ3v) is 4.45. The molecule has 2 heterocycles. The van der Waals surface area contributed by atoms with E-state index in [2.05, 4.69) is 0 Å². The van der Waals surface area contributed by atoms with Crippen LogP contribution in [0.1, 0.15) is 37.3 Å². The number of amides is 1. The van der Waals surface area contributed by atoms with Crippen molar-refractivity contribution in [3.05, 3.63) is 35.1 Å². The normalized spacial score (nSPS) is 19.6. The number of benzene rings is 1. The van der Waals surface area contributed by atoms with E-state index in [1.54, 1.807) is 11.0 Å². The average Bonchev–Trinajstić information content (AvgIpc) is 2.83. The first-order valence-electron chi connectivity index (χ1n) is 7.50. The van der Waals surface area contributed by atoms with Crippen molar-refractivity contribution in [2.45, 2.75) is 38.8 Å². The Kier molecular flexibility index (Phi) is 3.66. The molecule has 0 spiro atoms. The SMILES string of the molecule is CC(C(=O)N1CCCCC1)N1Cc2ccc(F)cc2C1=N. The monoisotopic (exact) mass is 289 g/mol. The molecule has 0 aliphatic carbocycles. The predicted molar refractivity (Wildman–Crippen MR) is 78.7 cm³/mol. The van der Waals surface area contributed by atoms with Gasteiger partial charge in [-0.2, -0.15) is 0 Å². The quantitative estimate of drug-likeness (QED) is 0.908. The highest BCUT2D eigenvalue weighted by atomic mass is 19.1. The fraction of sp³-hybridized carbons (Fsp3) is 0.500. The fourth-order valence-corrected chi connectivity index (χ4v) is 3.17. The molecular formula is C16H20FN3O. The van der Waals surface area contributed by atoms with Crippen molar-refractivity contribution >= 4 is 11.7 Å². The molecule has 1 saturated heterocycles. The molecule has 0 aromatic heterocycles. The number of amidine groups is 1. The van der Waals surface area contributed by atoms with E-state index in [0.717, 1.165) is 31.5 Å². The van der Waals surface area contributed by atoms with Crippen molar-refractivity contribution in [2.75, 3.05) is 13.1 Å². The minimum Gasteiger partial charge on any atom is -0.341 e. The third-order valence-electron chi connectivity index (χ3n) is 4.45. The molecule has 1 aromatic rings. The summed E-state index contributed by atoms with van der Waals surface area (Å²) in [7, 11) is 0. The van der Waals surface area contributed by atoms with Crippen molar-refractivity contribution in [3.63, 3.8) is 0 Å². The van der Waals surface area contributed by atoms with Crippen LogP contribution in [0.2, 0.25) is 0 Å². The number of hydrogen-bond acceptors (Lipinski definition) is 2. The number of piperidine rings is 1. The summed E-state index contributed by atoms with van der Waals surface area (Å²) in [6.07, 6.45) is 3.30. The number of nitrogens with zero attached hydrogens (tertiary/aromatic N) is 2. The molecule has 1 atom stereocenters. The van der Waals surface area contributed by atoms with E-state index in [4.69, 9.17) is 5.41 Å². The molecule has 112 valence electrons. The highest BCUT2D eigenvalue weighted by Gasteiger charge is 2.33. The number of fused-ring (bicyclic) bond motifs is 1. The average molecular weight is 289 g/mol. The third kappa shape index (κ3) is 2.52. The maximum Gasteiger partial charge on any atom is 0.245 e. The zero-order valence-corrected chi connectivity index (χ0v) is 12.2. The Morgan fingerprint density at radius 3 is 2.71 bits per heavy atom. The van der Waals surface area contributed by atoms with Crippen molar-refractivity contribution in [3.8, 4) is 0 Å². The molecule has 4 nitrogen and oxygen atoms in total. The van der Waals surface area contributed by atoms with Gasteiger partial charge < -0.3 is 9.80 Å². The molecule has 0 saturated carbocycles. The summed E-state index contributed by atoms with van der Waals surface area (Å²) >= 11 is 0. The van der Waals surface area contributed by atoms with E-state index in [1.165, 1.54) is 18.6 Å². The number of nitrogens with one attached hydrogen (secondary N) is 1. The first-order chi connectivity index (χ1) is 10.1. The van der Waals surface area contributed by atoms with E-state index in [-0.39, 0.29) is 23.6 Å². The molecule has 21 heavy (non-hydrogen) atoms. The van der Waals surface area contributed by atoms with Crippen LogP contribution in [-0.4, -0.2) is 40.7 Å². The second-order valence-electron chi connectivity index (χ2n) is 5.84. The summed E-state index contributed by atoms with van der Waals surface area (Å²) in [6, 6.07) is 4.13. The zero-order valence-electron chi connectivity index (χ0n) is 12.2. The van der Waals surface area contributed by atoms with Gasteiger partial charge in [0.05, 0.1) is 0 Å². The van der Waals surface area contributed by atoms with E-state index in [0.29, 0.717) is 12.1 Å². The summed E-state index contributed by atoms with van der Waals surface area (Å²) in [5, 5.41) is 8.21. The summed E-state index contributed by atoms with van der Waals surface area (Å²) in [5.74, 6) is -0.00884. The van der Waals surface area contributed by atoms with Crippen LogP contribution in [0.3, 0.4) is 0 Å². The molecule has 3 rings (SSSR count). The van der Waals surface area contributed by atoms with Crippen LogP contribution in [0.4, 0.5) is 4.39 Å². The molecule has 1 N–H and O–H groups in total. The standard InChI is InChI=1S/C16H20FN3O/c1-11(16(21)19-7-3-2-4-8-19)20-10-12-5-6-13(17)9-14(12)15(20)18/h5-6,9,11,18H,2-4,7-8,10H2,1H3. The van der Waals surface area contributed by atoms with Crippen LogP contribution in [0.25, 0.3) is 0 Å². The second-order valence-corrected chi connectivity index (χ2v) is 5.84. The van der Waals surface area contributed by atoms with Crippen LogP contribution in [-0.2, 0) is 11.3 Å². The van der Waals surface area contributed by atoms with Crippen LogP contribution < -0.4 is 0 Å². The molecule has 2 aliphatic heterocycles. The molecule has 0 bridgehead atoms. The minimum atomic E-state index is -0.369. The number of hydrogen-bond donors (Lipinski definition) is 1. The van der Waals surface area contributed by atoms with Crippen molar-refractivity contribution in [2.24, 2.45) is 0 Å². The number of halogens is 1. The van der Waals surface area contributed by atoms with Gasteiger partial charge in [-0.15, -0.1) is 0 Å². The van der Waals surface area contributed by atoms with Gasteiger partial charge in [0, 0.05) is 25.2 Å². The molecule has 1 amide bonds. The van der Waals surface area contributed by atoms with E-state index in [9.17, 15) is 9.18 Å². The summed E-state index contributed by atoms with van der Waals surface area (Å²) < 4.78 is 13.3. The van der Waals surface area contributed by atoms with Gasteiger partial charge in [0.25, 0.3) is 0 Å². The highest BCUT2D eigenvalue weighted by molar-refractivity contribution is 6.02. The number of carbonyl (C=O) groups is 1. The molecule has 2 aliphatic rings. The highest BCUT2D eigenvalue weighted by Crippen LogP contribution is 2.26. The first-order valence-corrected chi connectivity index (χ1v) is 7.50. The summed E-state index contributed by atoms with van der Waals surface area (Å²) in [5.41, 5.74) is 1.52. The lowest BCUT2D eigenvalue weighted by atomic mass is 10.1. The summed E-state index contributed by atoms with van der Waals surface area (Å²) in [4.78, 5) is 16.2. The van der Waals surface area contributed by atoms with Gasteiger partial charge in [0.1, 0.15) is 17.7 Å². The van der Waals surface area contributed by atoms with Crippen LogP contribution in [0.15, 0.2) is 18.2 Å². The lowest BCUT2D eigenvalue weighted by Gasteiger charge is -2.33. The fourth-order valence-electron chi connectivity index (χ4n) is 3.17. The van der Waals surface area contributed by atoms with Gasteiger partial charge in [0.2, 0.25) is 5.91 Å². The smallest absolute Gasteiger partial charge is 0.245 e. The number of carbonyl (C=O) groups excluding carboxylic acids is 1. The van der Waals surface area contributed by atoms with Crippen LogP contribution >= 0.6 is 0 Å². The Bertz CT molecular complexity index is 581. The van der Waals surface area contributed by atoms with Gasteiger partial charge in [-0.1, -0.05) is 6.07 Å². The van der Waals surface area contributed by atoms with E-state index < -0.39 is 0 Å². The Hall–Kier alpha value is -1.91. The Balaban J connectivity index is 1.76. The molecule has 1 unspecified atom stereocenters. The maximum atomic E-state index is 13.3. The van der Waals surface area contributed by atoms with E-state index in [1.807, 2.05) is 11.8 Å². The lowest BCUT2D eigenvalue weighted by molar-refractivity contribution is -0.136. The van der Waals surface area contributed by atoms with Gasteiger partial charge in [-0.25, -0.2) is 4.39 Å². The summed E-state index contributed by atoms with van der Waals surface area (Å²) in [6.45, 7) is 3.97. The molecule has 0 radical (unpaired) electrons. The number of rotatable bonds is 2. The zero-order chi connectivity index (χ0) is 15.0. The molecule has 1 aromatic carbocycles. The largest absolute Gasteiger partial charge is 0.341 e. The van der Waals surface area contributed by atoms with Gasteiger partial charge in [0.15, 0.2) is 0 Å². The first kappa shape index (κ1) is 14.0. The Labute approximate surface area is 124 Å². The van der Waals surface area contributed by atoms with Crippen LogP contribution in [0.5, 0.6) is 0 Å². The number of likely N-dealkylation sites (tertiary alicyclic amines) is 1. The molecule has 5 heteroatoms. The second kappa shape index (κ2) is 5.47. The van der Waals surface area contributed by atoms with E-state index >= 15 is 0 Å². The van der Waals surface area contributed by atoms with Crippen molar-refractivity contribution in [1.29, 1.82) is 5.41 Å². The van der Waals surface area contributed by atoms with Gasteiger partial charge in [-0.3, -0.25) is 10.2 Å². The lowest BCUT2D eigenvalue weighted by Crippen LogP contribution is -2.48. The molecular weight excluding hydrogens is 269 g/mol. The predicted octanol–water partition coefficient (Wildman–Crippen LogP) is 2.37. The Morgan fingerprint density at radius 2 is 2.00 bits per heavy atom. The van der Waals surface area contributed by atoms with Gasteiger partial charge >= 0.3 is 0 Å². The topological polar surface area (TPSA) is 47.4 Å². The van der Waals surface area contributed by atoms with Gasteiger partial charge in [-0.05, 0) is 43.9 Å². The maximum absolute atomic E-state index is 13.3. The van der Waals surface area contributed by atoms with Crippen LogP contribution in [0, 0.1) is 11.2 Å². The Morgan fingerprint density at radius 1 is 1.29 bits per heavy atom. The van der Waals surface area contributed by atoms with Crippen molar-refractivity contribution in [1.82, 2.24) is 9.80 Å². The minimum absolute atomic E-state index is 0.0766. The molecule has 1 fully saturated rings. The van der Waals surface area contributed by atoms with Crippen molar-refractivity contribution < 1.29 is 9.18 Å².